The quantitative estimate of drug-likeness (QED) is 0.793. The monoisotopic (exact) mass is 234 g/mol. The summed E-state index contributed by atoms with van der Waals surface area (Å²) in [5.74, 6) is 0.321. The van der Waals surface area contributed by atoms with E-state index in [1.165, 1.54) is 0 Å². The van der Waals surface area contributed by atoms with Crippen LogP contribution in [0.5, 0.6) is 0 Å². The second-order valence-electron chi connectivity index (χ2n) is 4.48. The van der Waals surface area contributed by atoms with Crippen LogP contribution in [0.15, 0.2) is 30.3 Å². The number of hydrogen-bond donors (Lipinski definition) is 2. The van der Waals surface area contributed by atoms with Crippen LogP contribution in [-0.4, -0.2) is 12.5 Å². The van der Waals surface area contributed by atoms with Crippen LogP contribution < -0.4 is 11.1 Å². The summed E-state index contributed by atoms with van der Waals surface area (Å²) >= 11 is 0. The van der Waals surface area contributed by atoms with Gasteiger partial charge in [0.25, 0.3) is 0 Å². The zero-order valence-corrected chi connectivity index (χ0v) is 10.6. The standard InChI is InChI=1S/C14H22N2O/c1-3-13(12-7-5-4-6-8-12)16-14(17)9-11(2)10-15/h4-8,11,13H,3,9-10,15H2,1-2H3,(H,16,17). The molecule has 1 aromatic rings. The van der Waals surface area contributed by atoms with E-state index in [-0.39, 0.29) is 17.9 Å². The summed E-state index contributed by atoms with van der Waals surface area (Å²) < 4.78 is 0. The lowest BCUT2D eigenvalue weighted by atomic mass is 10.0. The van der Waals surface area contributed by atoms with Crippen LogP contribution in [0.2, 0.25) is 0 Å². The lowest BCUT2D eigenvalue weighted by Crippen LogP contribution is -2.30. The van der Waals surface area contributed by atoms with Crippen LogP contribution in [0.3, 0.4) is 0 Å². The average molecular weight is 234 g/mol. The first-order valence-corrected chi connectivity index (χ1v) is 6.21. The Kier molecular flexibility index (Phi) is 5.70. The number of nitrogens with one attached hydrogen (secondary N) is 1. The topological polar surface area (TPSA) is 55.1 Å². The van der Waals surface area contributed by atoms with Crippen molar-refractivity contribution in [2.45, 2.75) is 32.7 Å². The maximum absolute atomic E-state index is 11.8. The van der Waals surface area contributed by atoms with Crippen LogP contribution in [0, 0.1) is 5.92 Å². The summed E-state index contributed by atoms with van der Waals surface area (Å²) in [7, 11) is 0. The predicted molar refractivity (Wildman–Crippen MR) is 70.5 cm³/mol. The highest BCUT2D eigenvalue weighted by atomic mass is 16.1. The second-order valence-corrected chi connectivity index (χ2v) is 4.48. The van der Waals surface area contributed by atoms with E-state index in [9.17, 15) is 4.79 Å². The molecule has 3 N–H and O–H groups in total. The summed E-state index contributed by atoms with van der Waals surface area (Å²) in [6.07, 6.45) is 1.40. The molecule has 3 heteroatoms. The zero-order valence-electron chi connectivity index (χ0n) is 10.6. The van der Waals surface area contributed by atoms with Gasteiger partial charge in [-0.05, 0) is 24.4 Å². The Morgan fingerprint density at radius 1 is 1.35 bits per heavy atom. The third kappa shape index (κ3) is 4.57. The highest BCUT2D eigenvalue weighted by molar-refractivity contribution is 5.76. The normalized spacial score (nSPS) is 14.1. The first-order chi connectivity index (χ1) is 8.17. The van der Waals surface area contributed by atoms with Gasteiger partial charge < -0.3 is 11.1 Å². The van der Waals surface area contributed by atoms with Crippen molar-refractivity contribution in [3.8, 4) is 0 Å². The van der Waals surface area contributed by atoms with Gasteiger partial charge >= 0.3 is 0 Å². The first kappa shape index (κ1) is 13.7. The molecule has 1 amide bonds. The summed E-state index contributed by atoms with van der Waals surface area (Å²) in [5, 5.41) is 3.05. The van der Waals surface area contributed by atoms with Crippen molar-refractivity contribution >= 4 is 5.91 Å². The van der Waals surface area contributed by atoms with Crippen molar-refractivity contribution in [3.63, 3.8) is 0 Å². The maximum Gasteiger partial charge on any atom is 0.220 e. The minimum atomic E-state index is 0.0821. The van der Waals surface area contributed by atoms with E-state index in [0.717, 1.165) is 12.0 Å². The van der Waals surface area contributed by atoms with Gasteiger partial charge in [-0.1, -0.05) is 44.2 Å². The second kappa shape index (κ2) is 7.07. The van der Waals surface area contributed by atoms with E-state index in [1.807, 2.05) is 37.3 Å². The van der Waals surface area contributed by atoms with Crippen molar-refractivity contribution < 1.29 is 4.79 Å². The third-order valence-electron chi connectivity index (χ3n) is 2.88. The molecule has 2 unspecified atom stereocenters. The van der Waals surface area contributed by atoms with Gasteiger partial charge in [0, 0.05) is 6.42 Å². The van der Waals surface area contributed by atoms with Crippen LogP contribution in [0.1, 0.15) is 38.3 Å². The Balaban J connectivity index is 2.56. The molecule has 94 valence electrons. The maximum atomic E-state index is 11.8. The minimum Gasteiger partial charge on any atom is -0.349 e. The smallest absolute Gasteiger partial charge is 0.220 e. The Morgan fingerprint density at radius 2 is 2.00 bits per heavy atom. The minimum absolute atomic E-state index is 0.0821. The van der Waals surface area contributed by atoms with Gasteiger partial charge in [0.2, 0.25) is 5.91 Å². The molecule has 0 saturated carbocycles. The van der Waals surface area contributed by atoms with Gasteiger partial charge in [-0.15, -0.1) is 0 Å². The van der Waals surface area contributed by atoms with Crippen molar-refractivity contribution in [3.05, 3.63) is 35.9 Å². The summed E-state index contributed by atoms with van der Waals surface area (Å²) in [6.45, 7) is 4.61. The number of amides is 1. The molecule has 0 bridgehead atoms. The molecule has 0 aliphatic heterocycles. The van der Waals surface area contributed by atoms with Crippen molar-refractivity contribution in [1.29, 1.82) is 0 Å². The molecule has 0 aromatic heterocycles. The molecule has 17 heavy (non-hydrogen) atoms. The Labute approximate surface area is 103 Å². The molecule has 0 saturated heterocycles. The van der Waals surface area contributed by atoms with E-state index >= 15 is 0 Å². The lowest BCUT2D eigenvalue weighted by molar-refractivity contribution is -0.122. The fourth-order valence-electron chi connectivity index (χ4n) is 1.76. The number of benzene rings is 1. The predicted octanol–water partition coefficient (Wildman–Crippen LogP) is 2.24. The molecular formula is C14H22N2O. The van der Waals surface area contributed by atoms with Gasteiger partial charge in [-0.3, -0.25) is 4.79 Å². The molecule has 0 fully saturated rings. The molecule has 0 radical (unpaired) electrons. The highest BCUT2D eigenvalue weighted by Gasteiger charge is 2.13. The van der Waals surface area contributed by atoms with Gasteiger partial charge in [-0.25, -0.2) is 0 Å². The van der Waals surface area contributed by atoms with Gasteiger partial charge in [0.05, 0.1) is 6.04 Å². The van der Waals surface area contributed by atoms with Gasteiger partial charge in [-0.2, -0.15) is 0 Å². The molecule has 0 aliphatic rings. The molecule has 0 aliphatic carbocycles. The Morgan fingerprint density at radius 3 is 2.53 bits per heavy atom. The Bertz CT molecular complexity index is 337. The molecule has 0 heterocycles. The highest BCUT2D eigenvalue weighted by Crippen LogP contribution is 2.16. The molecule has 2 atom stereocenters. The molecular weight excluding hydrogens is 212 g/mol. The number of rotatable bonds is 6. The number of nitrogens with two attached hydrogens (primary N) is 1. The number of carbonyl (C=O) groups is 1. The Hall–Kier alpha value is -1.35. The van der Waals surface area contributed by atoms with E-state index < -0.39 is 0 Å². The SMILES string of the molecule is CCC(NC(=O)CC(C)CN)c1ccccc1. The summed E-state index contributed by atoms with van der Waals surface area (Å²) in [5.41, 5.74) is 6.67. The van der Waals surface area contributed by atoms with Crippen molar-refractivity contribution in [1.82, 2.24) is 5.32 Å². The fourth-order valence-corrected chi connectivity index (χ4v) is 1.76. The van der Waals surface area contributed by atoms with Crippen LogP contribution in [0.25, 0.3) is 0 Å². The average Bonchev–Trinajstić information content (AvgIpc) is 2.36. The van der Waals surface area contributed by atoms with Crippen LogP contribution in [0.4, 0.5) is 0 Å². The van der Waals surface area contributed by atoms with E-state index in [1.54, 1.807) is 0 Å². The van der Waals surface area contributed by atoms with Crippen molar-refractivity contribution in [2.75, 3.05) is 6.54 Å². The lowest BCUT2D eigenvalue weighted by Gasteiger charge is -2.18. The third-order valence-corrected chi connectivity index (χ3v) is 2.88. The molecule has 3 nitrogen and oxygen atoms in total. The summed E-state index contributed by atoms with van der Waals surface area (Å²) in [6, 6.07) is 10.2. The van der Waals surface area contributed by atoms with Crippen LogP contribution >= 0.6 is 0 Å². The number of hydrogen-bond acceptors (Lipinski definition) is 2. The fraction of sp³-hybridized carbons (Fsp3) is 0.500. The van der Waals surface area contributed by atoms with E-state index in [2.05, 4.69) is 12.2 Å². The van der Waals surface area contributed by atoms with E-state index in [4.69, 9.17) is 5.73 Å². The van der Waals surface area contributed by atoms with Crippen LogP contribution in [-0.2, 0) is 4.79 Å². The van der Waals surface area contributed by atoms with Gasteiger partial charge in [0.15, 0.2) is 0 Å². The zero-order chi connectivity index (χ0) is 12.7. The van der Waals surface area contributed by atoms with E-state index in [0.29, 0.717) is 13.0 Å². The largest absolute Gasteiger partial charge is 0.349 e. The molecule has 1 aromatic carbocycles. The molecule has 1 rings (SSSR count). The first-order valence-electron chi connectivity index (χ1n) is 6.21. The molecule has 0 spiro atoms. The number of carbonyl (C=O) groups excluding carboxylic acids is 1. The van der Waals surface area contributed by atoms with Gasteiger partial charge in [0.1, 0.15) is 0 Å². The van der Waals surface area contributed by atoms with Crippen molar-refractivity contribution in [2.24, 2.45) is 11.7 Å². The summed E-state index contributed by atoms with van der Waals surface area (Å²) in [4.78, 5) is 11.8.